The molecule has 5 heteroatoms. The Labute approximate surface area is 134 Å². The van der Waals surface area contributed by atoms with Crippen molar-refractivity contribution in [3.8, 4) is 0 Å². The molecule has 0 amide bonds. The van der Waals surface area contributed by atoms with Gasteiger partial charge in [-0.05, 0) is 35.1 Å². The van der Waals surface area contributed by atoms with Crippen LogP contribution < -0.4 is 0 Å². The molecular weight excluding hydrogens is 319 g/mol. The number of benzene rings is 1. The third-order valence-electron chi connectivity index (χ3n) is 3.34. The van der Waals surface area contributed by atoms with Crippen LogP contribution in [0.15, 0.2) is 12.1 Å². The molecule has 3 rings (SSSR count). The second-order valence-electron chi connectivity index (χ2n) is 4.56. The van der Waals surface area contributed by atoms with Gasteiger partial charge in [0.25, 0.3) is 0 Å². The highest BCUT2D eigenvalue weighted by Crippen LogP contribution is 2.43. The average Bonchev–Trinajstić information content (AvgIpc) is 2.61. The number of hydrogen-bond acceptors (Lipinski definition) is 3. The lowest BCUT2D eigenvalue weighted by Gasteiger charge is -2.22. The first-order valence-electron chi connectivity index (χ1n) is 6.52. The molecule has 1 aromatic rings. The van der Waals surface area contributed by atoms with Crippen LogP contribution in [0.5, 0.6) is 0 Å². The van der Waals surface area contributed by atoms with Crippen molar-refractivity contribution in [3.63, 3.8) is 0 Å². The van der Waals surface area contributed by atoms with E-state index in [-0.39, 0.29) is 10.8 Å². The Morgan fingerprint density at radius 3 is 1.79 bits per heavy atom. The van der Waals surface area contributed by atoms with E-state index in [1.165, 1.54) is 46.3 Å². The van der Waals surface area contributed by atoms with Crippen LogP contribution in [0.25, 0.3) is 0 Å². The SMILES string of the molecule is CCC(Cl)c1c2ccc(c1C(Cl)CC)CSOSC2. The summed E-state index contributed by atoms with van der Waals surface area (Å²) in [6, 6.07) is 4.36. The van der Waals surface area contributed by atoms with Gasteiger partial charge in [-0.2, -0.15) is 0 Å². The van der Waals surface area contributed by atoms with E-state index in [4.69, 9.17) is 26.8 Å². The molecule has 2 unspecified atom stereocenters. The van der Waals surface area contributed by atoms with Crippen LogP contribution in [-0.4, -0.2) is 0 Å². The minimum absolute atomic E-state index is 0.0291. The summed E-state index contributed by atoms with van der Waals surface area (Å²) < 4.78 is 5.50. The summed E-state index contributed by atoms with van der Waals surface area (Å²) in [5.41, 5.74) is 4.99. The molecule has 2 heterocycles. The summed E-state index contributed by atoms with van der Waals surface area (Å²) in [5, 5.41) is 0.0582. The van der Waals surface area contributed by atoms with Crippen LogP contribution in [-0.2, 0) is 15.1 Å². The fourth-order valence-corrected chi connectivity index (χ4v) is 4.27. The first-order chi connectivity index (χ1) is 9.19. The molecule has 0 aromatic heterocycles. The molecule has 0 spiro atoms. The number of fused-ring (bicyclic) bond motifs is 6. The molecule has 2 atom stereocenters. The number of halogens is 2. The topological polar surface area (TPSA) is 9.23 Å². The Hall–Kier alpha value is 0.460. The monoisotopic (exact) mass is 336 g/mol. The van der Waals surface area contributed by atoms with Gasteiger partial charge in [0.15, 0.2) is 0 Å². The van der Waals surface area contributed by atoms with Gasteiger partial charge >= 0.3 is 0 Å². The molecule has 0 saturated heterocycles. The molecule has 19 heavy (non-hydrogen) atoms. The normalized spacial score (nSPS) is 18.5. The van der Waals surface area contributed by atoms with E-state index in [1.54, 1.807) is 0 Å². The van der Waals surface area contributed by atoms with Gasteiger partial charge in [-0.15, -0.1) is 23.2 Å². The van der Waals surface area contributed by atoms with Crippen molar-refractivity contribution in [1.82, 2.24) is 0 Å². The molecule has 0 fully saturated rings. The molecule has 2 aliphatic rings. The number of rotatable bonds is 4. The smallest absolute Gasteiger partial charge is 0.0589 e. The first-order valence-corrected chi connectivity index (χ1v) is 9.22. The van der Waals surface area contributed by atoms with Gasteiger partial charge in [-0.25, -0.2) is 3.63 Å². The Bertz CT molecular complexity index is 401. The zero-order valence-corrected chi connectivity index (χ0v) is 14.3. The number of alkyl halides is 2. The van der Waals surface area contributed by atoms with Gasteiger partial charge in [0.2, 0.25) is 0 Å². The summed E-state index contributed by atoms with van der Waals surface area (Å²) in [6.07, 6.45) is 1.83. The molecule has 0 saturated carbocycles. The predicted molar refractivity (Wildman–Crippen MR) is 87.9 cm³/mol. The van der Waals surface area contributed by atoms with Crippen molar-refractivity contribution in [2.24, 2.45) is 0 Å². The molecule has 0 N–H and O–H groups in total. The van der Waals surface area contributed by atoms with Gasteiger partial charge in [0.1, 0.15) is 0 Å². The Balaban J connectivity index is 2.59. The van der Waals surface area contributed by atoms with Gasteiger partial charge in [0, 0.05) is 35.6 Å². The molecular formula is C14H18Cl2OS2. The molecule has 1 aromatic carbocycles. The zero-order chi connectivity index (χ0) is 13.8. The molecule has 2 bridgehead atoms. The van der Waals surface area contributed by atoms with Crippen molar-refractivity contribution < 1.29 is 3.63 Å². The molecule has 0 radical (unpaired) electrons. The minimum Gasteiger partial charge on any atom is -0.247 e. The highest BCUT2D eigenvalue weighted by Gasteiger charge is 2.24. The fourth-order valence-electron chi connectivity index (χ4n) is 2.34. The lowest BCUT2D eigenvalue weighted by atomic mass is 9.91. The lowest BCUT2D eigenvalue weighted by Crippen LogP contribution is -2.07. The third kappa shape index (κ3) is 3.56. The van der Waals surface area contributed by atoms with Crippen LogP contribution in [0.2, 0.25) is 0 Å². The molecule has 0 aliphatic carbocycles. The maximum Gasteiger partial charge on any atom is 0.0589 e. The van der Waals surface area contributed by atoms with E-state index in [0.717, 1.165) is 24.3 Å². The summed E-state index contributed by atoms with van der Waals surface area (Å²) in [5.74, 6) is 1.65. The predicted octanol–water partition coefficient (Wildman–Crippen LogP) is 6.39. The van der Waals surface area contributed by atoms with Gasteiger partial charge in [-0.3, -0.25) is 0 Å². The molecule has 2 aliphatic heterocycles. The number of hydrogen-bond donors (Lipinski definition) is 0. The highest BCUT2D eigenvalue weighted by atomic mass is 35.5. The standard InChI is InChI=1S/C14H18Cl2OS2/c1-3-11(15)13-9-5-6-10(8-19-17-18-7-9)14(13)12(16)4-2/h5-6,11-12H,3-4,7-8H2,1-2H3. The van der Waals surface area contributed by atoms with Crippen molar-refractivity contribution >= 4 is 47.3 Å². The maximum atomic E-state index is 6.57. The summed E-state index contributed by atoms with van der Waals surface area (Å²) in [7, 11) is 0. The third-order valence-corrected chi connectivity index (χ3v) is 6.02. The average molecular weight is 337 g/mol. The van der Waals surface area contributed by atoms with Crippen molar-refractivity contribution in [2.75, 3.05) is 0 Å². The lowest BCUT2D eigenvalue weighted by molar-refractivity contribution is 0.755. The van der Waals surface area contributed by atoms with Gasteiger partial charge in [0.05, 0.1) is 10.8 Å². The van der Waals surface area contributed by atoms with Crippen LogP contribution in [0.3, 0.4) is 0 Å². The van der Waals surface area contributed by atoms with Crippen molar-refractivity contribution in [1.29, 1.82) is 0 Å². The molecule has 1 nitrogen and oxygen atoms in total. The maximum absolute atomic E-state index is 6.57. The Morgan fingerprint density at radius 1 is 1.00 bits per heavy atom. The van der Waals surface area contributed by atoms with Crippen LogP contribution in [0, 0.1) is 0 Å². The minimum atomic E-state index is 0.0291. The van der Waals surface area contributed by atoms with E-state index < -0.39 is 0 Å². The van der Waals surface area contributed by atoms with E-state index in [0.29, 0.717) is 0 Å². The van der Waals surface area contributed by atoms with E-state index >= 15 is 0 Å². The van der Waals surface area contributed by atoms with Gasteiger partial charge in [-0.1, -0.05) is 26.0 Å². The van der Waals surface area contributed by atoms with E-state index in [9.17, 15) is 0 Å². The van der Waals surface area contributed by atoms with Crippen LogP contribution >= 0.6 is 47.3 Å². The largest absolute Gasteiger partial charge is 0.247 e. The molecule has 106 valence electrons. The van der Waals surface area contributed by atoms with Crippen molar-refractivity contribution in [3.05, 3.63) is 34.4 Å². The first kappa shape index (κ1) is 15.8. The Morgan fingerprint density at radius 2 is 1.42 bits per heavy atom. The van der Waals surface area contributed by atoms with E-state index in [2.05, 4.69) is 26.0 Å². The van der Waals surface area contributed by atoms with Crippen LogP contribution in [0.4, 0.5) is 0 Å². The Kier molecular flexibility index (Phi) is 6.22. The van der Waals surface area contributed by atoms with Gasteiger partial charge < -0.3 is 0 Å². The summed E-state index contributed by atoms with van der Waals surface area (Å²) >= 11 is 16.1. The second-order valence-corrected chi connectivity index (χ2v) is 7.20. The van der Waals surface area contributed by atoms with Crippen LogP contribution in [0.1, 0.15) is 59.7 Å². The van der Waals surface area contributed by atoms with E-state index in [1.807, 2.05) is 0 Å². The summed E-state index contributed by atoms with van der Waals surface area (Å²) in [4.78, 5) is 0. The van der Waals surface area contributed by atoms with Crippen molar-refractivity contribution in [2.45, 2.75) is 48.9 Å². The highest BCUT2D eigenvalue weighted by molar-refractivity contribution is 8.07. The zero-order valence-electron chi connectivity index (χ0n) is 11.1. The quantitative estimate of drug-likeness (QED) is 0.465. The summed E-state index contributed by atoms with van der Waals surface area (Å²) in [6.45, 7) is 4.23. The fraction of sp³-hybridized carbons (Fsp3) is 0.571. The second kappa shape index (κ2) is 7.46.